The van der Waals surface area contributed by atoms with Crippen LogP contribution in [0.3, 0.4) is 0 Å². The van der Waals surface area contributed by atoms with Gasteiger partial charge in [0.2, 0.25) is 0 Å². The quantitative estimate of drug-likeness (QED) is 0.348. The van der Waals surface area contributed by atoms with Crippen molar-refractivity contribution in [3.8, 4) is 22.3 Å². The number of pyridine rings is 2. The molecule has 9 heteroatoms. The first-order chi connectivity index (χ1) is 16.5. The van der Waals surface area contributed by atoms with Gasteiger partial charge in [-0.3, -0.25) is 9.67 Å². The molecule has 0 aliphatic heterocycles. The SMILES string of the molecule is Cn1cc(-c2ccc(C(=CN)c3cc(-c4ccc(F)cc4F)cc(NSC4CC4)n3)nc2)cn1. The van der Waals surface area contributed by atoms with Gasteiger partial charge in [-0.2, -0.15) is 5.10 Å². The summed E-state index contributed by atoms with van der Waals surface area (Å²) in [6.07, 6.45) is 9.18. The highest BCUT2D eigenvalue weighted by atomic mass is 32.2. The van der Waals surface area contributed by atoms with Gasteiger partial charge in [0.15, 0.2) is 0 Å². The summed E-state index contributed by atoms with van der Waals surface area (Å²) in [6, 6.07) is 10.8. The zero-order valence-electron chi connectivity index (χ0n) is 18.4. The van der Waals surface area contributed by atoms with Gasteiger partial charge in [-0.05, 0) is 60.7 Å². The Balaban J connectivity index is 1.52. The van der Waals surface area contributed by atoms with Gasteiger partial charge in [0.05, 0.1) is 17.6 Å². The smallest absolute Gasteiger partial charge is 0.137 e. The monoisotopic (exact) mass is 476 g/mol. The van der Waals surface area contributed by atoms with E-state index in [1.807, 2.05) is 25.4 Å². The number of halogens is 2. The van der Waals surface area contributed by atoms with E-state index in [-0.39, 0.29) is 5.56 Å². The van der Waals surface area contributed by atoms with Crippen molar-refractivity contribution >= 4 is 23.3 Å². The molecule has 1 fully saturated rings. The van der Waals surface area contributed by atoms with E-state index in [0.29, 0.717) is 33.6 Å². The van der Waals surface area contributed by atoms with Crippen LogP contribution in [0.4, 0.5) is 14.6 Å². The van der Waals surface area contributed by atoms with Crippen LogP contribution in [0, 0.1) is 11.6 Å². The van der Waals surface area contributed by atoms with Crippen LogP contribution in [0.5, 0.6) is 0 Å². The van der Waals surface area contributed by atoms with Crippen LogP contribution >= 0.6 is 11.9 Å². The van der Waals surface area contributed by atoms with Gasteiger partial charge in [0.1, 0.15) is 17.5 Å². The summed E-state index contributed by atoms with van der Waals surface area (Å²) in [5.41, 5.74) is 10.5. The number of hydrogen-bond donors (Lipinski definition) is 2. The van der Waals surface area contributed by atoms with Crippen LogP contribution in [0.25, 0.3) is 27.8 Å². The van der Waals surface area contributed by atoms with Crippen LogP contribution in [0.2, 0.25) is 0 Å². The summed E-state index contributed by atoms with van der Waals surface area (Å²) < 4.78 is 33.1. The molecule has 4 aromatic rings. The van der Waals surface area contributed by atoms with E-state index in [4.69, 9.17) is 10.7 Å². The molecule has 6 nitrogen and oxygen atoms in total. The van der Waals surface area contributed by atoms with Gasteiger partial charge in [0.25, 0.3) is 0 Å². The normalized spacial score (nSPS) is 13.8. The summed E-state index contributed by atoms with van der Waals surface area (Å²) in [6.45, 7) is 0. The van der Waals surface area contributed by atoms with E-state index < -0.39 is 11.6 Å². The molecule has 0 atom stereocenters. The molecule has 3 aromatic heterocycles. The zero-order chi connectivity index (χ0) is 23.7. The Bertz CT molecular complexity index is 1360. The molecule has 3 heterocycles. The number of rotatable bonds is 7. The number of nitrogens with two attached hydrogens (primary N) is 1. The molecular weight excluding hydrogens is 454 g/mol. The van der Waals surface area contributed by atoms with E-state index in [1.54, 1.807) is 41.2 Å². The zero-order valence-corrected chi connectivity index (χ0v) is 19.2. The Labute approximate surface area is 200 Å². The molecule has 0 saturated heterocycles. The molecule has 0 amide bonds. The van der Waals surface area contributed by atoms with E-state index in [2.05, 4.69) is 14.8 Å². The molecule has 1 aliphatic carbocycles. The minimum atomic E-state index is -0.643. The van der Waals surface area contributed by atoms with Crippen molar-refractivity contribution in [2.24, 2.45) is 12.8 Å². The second-order valence-corrected chi connectivity index (χ2v) is 9.19. The largest absolute Gasteiger partial charge is 0.404 e. The van der Waals surface area contributed by atoms with Crippen molar-refractivity contribution in [3.63, 3.8) is 0 Å². The van der Waals surface area contributed by atoms with Gasteiger partial charge in [-0.15, -0.1) is 0 Å². The average molecular weight is 477 g/mol. The number of benzene rings is 1. The van der Waals surface area contributed by atoms with Crippen molar-refractivity contribution in [1.82, 2.24) is 19.7 Å². The lowest BCUT2D eigenvalue weighted by Gasteiger charge is -2.13. The van der Waals surface area contributed by atoms with Crippen molar-refractivity contribution in [2.45, 2.75) is 18.1 Å². The maximum Gasteiger partial charge on any atom is 0.137 e. The maximum atomic E-state index is 14.6. The molecule has 1 aliphatic rings. The summed E-state index contributed by atoms with van der Waals surface area (Å²) >= 11 is 1.59. The molecule has 3 N–H and O–H groups in total. The van der Waals surface area contributed by atoms with Gasteiger partial charge < -0.3 is 10.5 Å². The molecule has 172 valence electrons. The van der Waals surface area contributed by atoms with Crippen LogP contribution in [0.1, 0.15) is 24.2 Å². The molecule has 5 rings (SSSR count). The molecule has 1 aromatic carbocycles. The summed E-state index contributed by atoms with van der Waals surface area (Å²) in [5.74, 6) is -0.701. The maximum absolute atomic E-state index is 14.6. The minimum Gasteiger partial charge on any atom is -0.404 e. The van der Waals surface area contributed by atoms with E-state index in [0.717, 1.165) is 30.0 Å². The van der Waals surface area contributed by atoms with Crippen LogP contribution in [-0.4, -0.2) is 25.0 Å². The van der Waals surface area contributed by atoms with Gasteiger partial charge in [-0.1, -0.05) is 6.07 Å². The topological polar surface area (TPSA) is 81.6 Å². The van der Waals surface area contributed by atoms with Gasteiger partial charge in [0, 0.05) is 59.2 Å². The fourth-order valence-corrected chi connectivity index (χ4v) is 4.29. The Morgan fingerprint density at radius 1 is 1.06 bits per heavy atom. The Morgan fingerprint density at radius 2 is 1.91 bits per heavy atom. The minimum absolute atomic E-state index is 0.278. The summed E-state index contributed by atoms with van der Waals surface area (Å²) in [5, 5.41) is 4.74. The molecule has 0 spiro atoms. The highest BCUT2D eigenvalue weighted by Gasteiger charge is 2.23. The highest BCUT2D eigenvalue weighted by Crippen LogP contribution is 2.36. The van der Waals surface area contributed by atoms with E-state index in [9.17, 15) is 8.78 Å². The van der Waals surface area contributed by atoms with Crippen LogP contribution in [-0.2, 0) is 7.05 Å². The first-order valence-corrected chi connectivity index (χ1v) is 11.6. The number of nitrogens with one attached hydrogen (secondary N) is 1. The van der Waals surface area contributed by atoms with Crippen LogP contribution < -0.4 is 10.5 Å². The van der Waals surface area contributed by atoms with Crippen LogP contribution in [0.15, 0.2) is 67.3 Å². The fraction of sp³-hybridized carbons (Fsp3) is 0.160. The van der Waals surface area contributed by atoms with Gasteiger partial charge in [-0.25, -0.2) is 13.8 Å². The van der Waals surface area contributed by atoms with Crippen molar-refractivity contribution in [3.05, 3.63) is 90.3 Å². The Morgan fingerprint density at radius 3 is 2.56 bits per heavy atom. The Kier molecular flexibility index (Phi) is 6.02. The second-order valence-electron chi connectivity index (χ2n) is 8.08. The standard InChI is InChI=1S/C25H22F2N6S/c1-33-14-17(13-30-33)15-2-7-23(29-12-15)21(11-28)24-8-16(20-6-3-18(26)10-22(20)27)9-25(31-24)32-34-19-4-5-19/h2-3,6-14,19H,4-5,28H2,1H3,(H,31,32). The first kappa shape index (κ1) is 22.1. The number of anilines is 1. The van der Waals surface area contributed by atoms with Crippen molar-refractivity contribution in [1.29, 1.82) is 0 Å². The summed E-state index contributed by atoms with van der Waals surface area (Å²) in [7, 11) is 1.86. The fourth-order valence-electron chi connectivity index (χ4n) is 3.53. The number of aromatic nitrogens is 4. The molecule has 0 unspecified atom stereocenters. The number of aryl methyl sites for hydroxylation is 1. The predicted molar refractivity (Wildman–Crippen MR) is 132 cm³/mol. The van der Waals surface area contributed by atoms with E-state index in [1.165, 1.54) is 18.3 Å². The third-order valence-corrected chi connectivity index (χ3v) is 6.57. The lowest BCUT2D eigenvalue weighted by atomic mass is 10.0. The first-order valence-electron chi connectivity index (χ1n) is 10.8. The predicted octanol–water partition coefficient (Wildman–Crippen LogP) is 5.39. The lowest BCUT2D eigenvalue weighted by molar-refractivity contribution is 0.585. The Hall–Kier alpha value is -3.72. The molecule has 1 saturated carbocycles. The molecule has 34 heavy (non-hydrogen) atoms. The molecule has 0 radical (unpaired) electrons. The lowest BCUT2D eigenvalue weighted by Crippen LogP contribution is -2.02. The third-order valence-electron chi connectivity index (χ3n) is 5.44. The highest BCUT2D eigenvalue weighted by molar-refractivity contribution is 8.01. The second kappa shape index (κ2) is 9.26. The number of nitrogens with zero attached hydrogens (tertiary/aromatic N) is 4. The average Bonchev–Trinajstić information content (AvgIpc) is 3.57. The van der Waals surface area contributed by atoms with Crippen molar-refractivity contribution < 1.29 is 8.78 Å². The number of hydrogen-bond acceptors (Lipinski definition) is 6. The van der Waals surface area contributed by atoms with Gasteiger partial charge >= 0.3 is 0 Å². The van der Waals surface area contributed by atoms with Crippen molar-refractivity contribution in [2.75, 3.05) is 4.72 Å². The van der Waals surface area contributed by atoms with E-state index >= 15 is 0 Å². The third kappa shape index (κ3) is 4.79. The molecule has 0 bridgehead atoms. The summed E-state index contributed by atoms with van der Waals surface area (Å²) in [4.78, 5) is 9.29. The molecular formula is C25H22F2N6S.